The van der Waals surface area contributed by atoms with Crippen LogP contribution >= 0.6 is 0 Å². The molecule has 4 rings (SSSR count). The molecule has 1 fully saturated rings. The van der Waals surface area contributed by atoms with Crippen molar-refractivity contribution in [3.8, 4) is 17.2 Å². The van der Waals surface area contributed by atoms with Crippen LogP contribution in [0.4, 0.5) is 14.8 Å². The van der Waals surface area contributed by atoms with Gasteiger partial charge in [0.25, 0.3) is 5.89 Å². The number of nitrogens with zero attached hydrogens (tertiary/aromatic N) is 5. The first-order valence-corrected chi connectivity index (χ1v) is 10.9. The van der Waals surface area contributed by atoms with Gasteiger partial charge in [0.15, 0.2) is 5.82 Å². The number of halogens is 2. The Hall–Kier alpha value is -3.04. The van der Waals surface area contributed by atoms with E-state index in [9.17, 15) is 8.78 Å². The highest BCUT2D eigenvalue weighted by atomic mass is 19.1. The molecule has 0 spiro atoms. The molecule has 0 aliphatic carbocycles. The van der Waals surface area contributed by atoms with E-state index in [1.165, 1.54) is 0 Å². The number of piperidine rings is 1. The number of hydrogen-bond donors (Lipinski definition) is 0. The first-order chi connectivity index (χ1) is 15.4. The van der Waals surface area contributed by atoms with Crippen LogP contribution in [0.25, 0.3) is 11.5 Å². The van der Waals surface area contributed by atoms with Crippen molar-refractivity contribution >= 4 is 6.01 Å². The van der Waals surface area contributed by atoms with Crippen LogP contribution in [0.2, 0.25) is 0 Å². The summed E-state index contributed by atoms with van der Waals surface area (Å²) in [5.74, 6) is 0.152. The second-order valence-electron chi connectivity index (χ2n) is 8.40. The van der Waals surface area contributed by atoms with Crippen LogP contribution in [0.3, 0.4) is 0 Å². The van der Waals surface area contributed by atoms with Gasteiger partial charge in [0.1, 0.15) is 22.9 Å². The first-order valence-electron chi connectivity index (χ1n) is 10.9. The Morgan fingerprint density at radius 1 is 1.16 bits per heavy atom. The van der Waals surface area contributed by atoms with Gasteiger partial charge < -0.3 is 18.6 Å². The Kier molecular flexibility index (Phi) is 6.66. The molecule has 2 aromatic heterocycles. The quantitative estimate of drug-likeness (QED) is 0.450. The molecule has 0 radical (unpaired) electrons. The minimum Gasteiger partial charge on any atom is -0.493 e. The molecule has 3 aromatic rings. The lowest BCUT2D eigenvalue weighted by Crippen LogP contribution is -2.34. The summed E-state index contributed by atoms with van der Waals surface area (Å²) in [6.07, 6.45) is 3.84. The fourth-order valence-electron chi connectivity index (χ4n) is 3.80. The van der Waals surface area contributed by atoms with Crippen LogP contribution in [0, 0.1) is 24.5 Å². The fraction of sp³-hybridized carbons (Fsp3) is 0.545. The molecule has 0 N–H and O–H groups in total. The summed E-state index contributed by atoms with van der Waals surface area (Å²) in [6, 6.07) is 2.89. The molecule has 172 valence electrons. The van der Waals surface area contributed by atoms with Crippen molar-refractivity contribution in [2.24, 2.45) is 5.92 Å². The van der Waals surface area contributed by atoms with E-state index in [-0.39, 0.29) is 29.0 Å². The number of anilines is 1. The highest BCUT2D eigenvalue weighted by Crippen LogP contribution is 2.30. The molecule has 3 heterocycles. The van der Waals surface area contributed by atoms with E-state index in [4.69, 9.17) is 13.7 Å². The van der Waals surface area contributed by atoms with E-state index in [1.807, 2.05) is 13.8 Å². The summed E-state index contributed by atoms with van der Waals surface area (Å²) in [6.45, 7) is 7.76. The standard InChI is InChI=1S/C22H27F2N5O3/c1-13(2)20-25-22(32-28-20)29-8-6-15(7-9-29)5-4-10-30-16-11-17(23)19(18(24)12-16)21-27-26-14(3)31-21/h11-13,15H,4-10H2,1-3H3. The van der Waals surface area contributed by atoms with Crippen molar-refractivity contribution in [1.29, 1.82) is 0 Å². The van der Waals surface area contributed by atoms with Crippen LogP contribution in [-0.2, 0) is 0 Å². The van der Waals surface area contributed by atoms with Crippen molar-refractivity contribution in [3.05, 3.63) is 35.5 Å². The van der Waals surface area contributed by atoms with Crippen LogP contribution in [-0.4, -0.2) is 40.0 Å². The minimum atomic E-state index is -0.794. The maximum atomic E-state index is 14.4. The topological polar surface area (TPSA) is 90.3 Å². The monoisotopic (exact) mass is 447 g/mol. The second-order valence-corrected chi connectivity index (χ2v) is 8.40. The number of aromatic nitrogens is 4. The molecule has 1 aromatic carbocycles. The van der Waals surface area contributed by atoms with Gasteiger partial charge in [-0.3, -0.25) is 0 Å². The zero-order valence-corrected chi connectivity index (χ0v) is 18.5. The van der Waals surface area contributed by atoms with Gasteiger partial charge in [-0.25, -0.2) is 8.78 Å². The van der Waals surface area contributed by atoms with Crippen molar-refractivity contribution in [1.82, 2.24) is 20.3 Å². The van der Waals surface area contributed by atoms with E-state index < -0.39 is 11.6 Å². The molecule has 0 bridgehead atoms. The van der Waals surface area contributed by atoms with Crippen LogP contribution in [0.5, 0.6) is 5.75 Å². The van der Waals surface area contributed by atoms with Gasteiger partial charge in [0.05, 0.1) is 6.61 Å². The SMILES string of the molecule is Cc1nnc(-c2c(F)cc(OCCCC3CCN(c4nc(C(C)C)no4)CC3)cc2F)o1. The molecule has 8 nitrogen and oxygen atoms in total. The maximum absolute atomic E-state index is 14.4. The van der Waals surface area contributed by atoms with Gasteiger partial charge in [-0.2, -0.15) is 4.98 Å². The zero-order chi connectivity index (χ0) is 22.7. The Bertz CT molecular complexity index is 1020. The van der Waals surface area contributed by atoms with Gasteiger partial charge in [-0.1, -0.05) is 19.0 Å². The average molecular weight is 447 g/mol. The fourth-order valence-corrected chi connectivity index (χ4v) is 3.80. The molecule has 0 saturated carbocycles. The van der Waals surface area contributed by atoms with Gasteiger partial charge in [-0.15, -0.1) is 10.2 Å². The molecular weight excluding hydrogens is 420 g/mol. The number of rotatable bonds is 8. The average Bonchev–Trinajstić information content (AvgIpc) is 3.41. The summed E-state index contributed by atoms with van der Waals surface area (Å²) < 4.78 is 44.8. The Labute approximate surface area is 185 Å². The number of hydrogen-bond acceptors (Lipinski definition) is 8. The predicted octanol–water partition coefficient (Wildman–Crippen LogP) is 4.91. The lowest BCUT2D eigenvalue weighted by molar-refractivity contribution is 0.274. The summed E-state index contributed by atoms with van der Waals surface area (Å²) >= 11 is 0. The molecule has 0 atom stereocenters. The Morgan fingerprint density at radius 2 is 1.88 bits per heavy atom. The normalized spacial score (nSPS) is 15.0. The Morgan fingerprint density at radius 3 is 2.47 bits per heavy atom. The van der Waals surface area contributed by atoms with Crippen molar-refractivity contribution in [2.45, 2.75) is 52.4 Å². The van der Waals surface area contributed by atoms with E-state index in [0.29, 0.717) is 18.5 Å². The molecule has 1 aliphatic heterocycles. The van der Waals surface area contributed by atoms with E-state index in [1.54, 1.807) is 6.92 Å². The summed E-state index contributed by atoms with van der Waals surface area (Å²) in [4.78, 5) is 6.59. The smallest absolute Gasteiger partial charge is 0.324 e. The first kappa shape index (κ1) is 22.2. The lowest BCUT2D eigenvalue weighted by Gasteiger charge is -2.30. The van der Waals surface area contributed by atoms with Gasteiger partial charge in [0.2, 0.25) is 5.89 Å². The van der Waals surface area contributed by atoms with Crippen LogP contribution < -0.4 is 9.64 Å². The lowest BCUT2D eigenvalue weighted by atomic mass is 9.92. The Balaban J connectivity index is 1.22. The largest absolute Gasteiger partial charge is 0.493 e. The molecule has 0 amide bonds. The van der Waals surface area contributed by atoms with Gasteiger partial charge in [0, 0.05) is 38.1 Å². The number of ether oxygens (including phenoxy) is 1. The third-order valence-electron chi connectivity index (χ3n) is 5.61. The molecule has 32 heavy (non-hydrogen) atoms. The molecule has 1 aliphatic rings. The maximum Gasteiger partial charge on any atom is 0.324 e. The van der Waals surface area contributed by atoms with E-state index in [2.05, 4.69) is 25.2 Å². The van der Waals surface area contributed by atoms with Crippen LogP contribution in [0.15, 0.2) is 21.1 Å². The summed E-state index contributed by atoms with van der Waals surface area (Å²) in [7, 11) is 0. The van der Waals surface area contributed by atoms with Crippen LogP contribution in [0.1, 0.15) is 57.2 Å². The summed E-state index contributed by atoms with van der Waals surface area (Å²) in [5.41, 5.74) is -0.341. The van der Waals surface area contributed by atoms with E-state index in [0.717, 1.165) is 56.7 Å². The molecule has 1 saturated heterocycles. The predicted molar refractivity (Wildman–Crippen MR) is 112 cm³/mol. The summed E-state index contributed by atoms with van der Waals surface area (Å²) in [5, 5.41) is 11.3. The van der Waals surface area contributed by atoms with Crippen molar-refractivity contribution in [2.75, 3.05) is 24.6 Å². The van der Waals surface area contributed by atoms with Gasteiger partial charge in [-0.05, 0) is 31.6 Å². The third-order valence-corrected chi connectivity index (χ3v) is 5.61. The number of aryl methyl sites for hydroxylation is 1. The highest BCUT2D eigenvalue weighted by Gasteiger charge is 2.24. The molecular formula is C22H27F2N5O3. The van der Waals surface area contributed by atoms with E-state index >= 15 is 0 Å². The second kappa shape index (κ2) is 9.62. The molecule has 10 heteroatoms. The highest BCUT2D eigenvalue weighted by molar-refractivity contribution is 5.56. The zero-order valence-electron chi connectivity index (χ0n) is 18.5. The van der Waals surface area contributed by atoms with Crippen molar-refractivity contribution < 1.29 is 22.5 Å². The molecule has 0 unspecified atom stereocenters. The third kappa shape index (κ3) is 5.05. The van der Waals surface area contributed by atoms with Gasteiger partial charge >= 0.3 is 6.01 Å². The van der Waals surface area contributed by atoms with Crippen molar-refractivity contribution in [3.63, 3.8) is 0 Å². The minimum absolute atomic E-state index is 0.146. The number of benzene rings is 1.